The van der Waals surface area contributed by atoms with Crippen molar-refractivity contribution in [2.75, 3.05) is 18.8 Å². The van der Waals surface area contributed by atoms with Crippen LogP contribution in [0, 0.1) is 5.92 Å². The van der Waals surface area contributed by atoms with Crippen molar-refractivity contribution in [1.29, 1.82) is 0 Å². The average Bonchev–Trinajstić information content (AvgIpc) is 2.82. The van der Waals surface area contributed by atoms with Crippen molar-refractivity contribution in [3.63, 3.8) is 0 Å². The van der Waals surface area contributed by atoms with E-state index in [4.69, 9.17) is 5.73 Å². The fraction of sp³-hybridized carbons (Fsp3) is 1.00. The fourth-order valence-electron chi connectivity index (χ4n) is 1.52. The van der Waals surface area contributed by atoms with Crippen molar-refractivity contribution in [2.24, 2.45) is 11.7 Å². The van der Waals surface area contributed by atoms with E-state index in [1.165, 1.54) is 4.31 Å². The standard InChI is InChI=1S/C9H20N2O2S/c1-8(2)11(6-5-10)14(12,13)7-9-3-4-9/h8-9H,3-7,10H2,1-2H3. The van der Waals surface area contributed by atoms with Crippen molar-refractivity contribution in [2.45, 2.75) is 32.7 Å². The molecule has 2 N–H and O–H groups in total. The summed E-state index contributed by atoms with van der Waals surface area (Å²) >= 11 is 0. The molecule has 0 heterocycles. The first-order valence-electron chi connectivity index (χ1n) is 5.17. The van der Waals surface area contributed by atoms with E-state index in [9.17, 15) is 8.42 Å². The largest absolute Gasteiger partial charge is 0.329 e. The van der Waals surface area contributed by atoms with Crippen LogP contribution >= 0.6 is 0 Å². The summed E-state index contributed by atoms with van der Waals surface area (Å²) in [6.07, 6.45) is 2.13. The van der Waals surface area contributed by atoms with Gasteiger partial charge in [0.1, 0.15) is 0 Å². The second-order valence-corrected chi connectivity index (χ2v) is 6.18. The third kappa shape index (κ3) is 3.22. The summed E-state index contributed by atoms with van der Waals surface area (Å²) in [5.41, 5.74) is 5.40. The van der Waals surface area contributed by atoms with Crippen molar-refractivity contribution in [3.05, 3.63) is 0 Å². The highest BCUT2D eigenvalue weighted by Gasteiger charge is 2.32. The zero-order valence-corrected chi connectivity index (χ0v) is 9.76. The Kier molecular flexibility index (Phi) is 3.92. The molecule has 0 unspecified atom stereocenters. The van der Waals surface area contributed by atoms with Crippen molar-refractivity contribution in [1.82, 2.24) is 4.31 Å². The number of rotatable bonds is 6. The summed E-state index contributed by atoms with van der Waals surface area (Å²) in [5, 5.41) is 0. The van der Waals surface area contributed by atoms with Gasteiger partial charge in [-0.1, -0.05) is 0 Å². The predicted octanol–water partition coefficient (Wildman–Crippen LogP) is 0.395. The van der Waals surface area contributed by atoms with Gasteiger partial charge < -0.3 is 5.73 Å². The molecule has 1 saturated carbocycles. The molecule has 0 saturated heterocycles. The van der Waals surface area contributed by atoms with Gasteiger partial charge in [-0.05, 0) is 32.6 Å². The minimum atomic E-state index is -3.07. The molecule has 0 amide bonds. The SMILES string of the molecule is CC(C)N(CCN)S(=O)(=O)CC1CC1. The van der Waals surface area contributed by atoms with Gasteiger partial charge in [0, 0.05) is 19.1 Å². The van der Waals surface area contributed by atoms with Crippen LogP contribution < -0.4 is 5.73 Å². The molecule has 0 radical (unpaired) electrons. The normalized spacial score (nSPS) is 18.1. The minimum Gasteiger partial charge on any atom is -0.329 e. The Bertz CT molecular complexity index is 271. The van der Waals surface area contributed by atoms with Crippen LogP contribution in [0.3, 0.4) is 0 Å². The lowest BCUT2D eigenvalue weighted by molar-refractivity contribution is 0.360. The van der Waals surface area contributed by atoms with Crippen LogP contribution in [0.15, 0.2) is 0 Å². The molecular formula is C9H20N2O2S. The van der Waals surface area contributed by atoms with Gasteiger partial charge in [0.15, 0.2) is 0 Å². The topological polar surface area (TPSA) is 63.4 Å². The van der Waals surface area contributed by atoms with Crippen molar-refractivity contribution >= 4 is 10.0 Å². The van der Waals surface area contributed by atoms with Crippen LogP contribution in [0.2, 0.25) is 0 Å². The van der Waals surface area contributed by atoms with E-state index in [1.54, 1.807) is 0 Å². The zero-order valence-electron chi connectivity index (χ0n) is 8.94. The molecule has 0 aliphatic heterocycles. The molecule has 1 fully saturated rings. The molecule has 14 heavy (non-hydrogen) atoms. The Morgan fingerprint density at radius 2 is 2.00 bits per heavy atom. The molecule has 5 heteroatoms. The molecule has 1 rings (SSSR count). The van der Waals surface area contributed by atoms with Crippen LogP contribution in [0.1, 0.15) is 26.7 Å². The maximum absolute atomic E-state index is 11.9. The van der Waals surface area contributed by atoms with Crippen molar-refractivity contribution in [3.8, 4) is 0 Å². The highest BCUT2D eigenvalue weighted by molar-refractivity contribution is 7.89. The summed E-state index contributed by atoms with van der Waals surface area (Å²) in [4.78, 5) is 0. The van der Waals surface area contributed by atoms with E-state index in [1.807, 2.05) is 13.8 Å². The molecule has 4 nitrogen and oxygen atoms in total. The average molecular weight is 220 g/mol. The summed E-state index contributed by atoms with van der Waals surface area (Å²) in [5.74, 6) is 0.713. The molecule has 0 aromatic rings. The van der Waals surface area contributed by atoms with Gasteiger partial charge in [0.2, 0.25) is 10.0 Å². The first-order valence-corrected chi connectivity index (χ1v) is 6.78. The van der Waals surface area contributed by atoms with Crippen LogP contribution in [0.5, 0.6) is 0 Å². The highest BCUT2D eigenvalue weighted by atomic mass is 32.2. The molecule has 84 valence electrons. The van der Waals surface area contributed by atoms with Crippen LogP contribution in [-0.4, -0.2) is 37.6 Å². The Labute approximate surface area is 86.5 Å². The lowest BCUT2D eigenvalue weighted by atomic mass is 10.4. The van der Waals surface area contributed by atoms with E-state index < -0.39 is 10.0 Å². The molecule has 0 aromatic carbocycles. The smallest absolute Gasteiger partial charge is 0.214 e. The van der Waals surface area contributed by atoms with Gasteiger partial charge >= 0.3 is 0 Å². The molecule has 0 aromatic heterocycles. The van der Waals surface area contributed by atoms with Gasteiger partial charge in [-0.3, -0.25) is 0 Å². The second-order valence-electron chi connectivity index (χ2n) is 4.22. The summed E-state index contributed by atoms with van der Waals surface area (Å²) in [6, 6.07) is 0.0160. The van der Waals surface area contributed by atoms with Gasteiger partial charge in [-0.2, -0.15) is 4.31 Å². The van der Waals surface area contributed by atoms with Gasteiger partial charge in [-0.25, -0.2) is 8.42 Å². The number of hydrogen-bond donors (Lipinski definition) is 1. The third-order valence-electron chi connectivity index (χ3n) is 2.43. The monoisotopic (exact) mass is 220 g/mol. The van der Waals surface area contributed by atoms with E-state index in [0.29, 0.717) is 24.8 Å². The lowest BCUT2D eigenvalue weighted by Gasteiger charge is -2.25. The van der Waals surface area contributed by atoms with Crippen LogP contribution in [-0.2, 0) is 10.0 Å². The van der Waals surface area contributed by atoms with E-state index >= 15 is 0 Å². The highest BCUT2D eigenvalue weighted by Crippen LogP contribution is 2.31. The third-order valence-corrected chi connectivity index (χ3v) is 4.64. The molecule has 0 spiro atoms. The Morgan fingerprint density at radius 1 is 1.43 bits per heavy atom. The molecule has 0 bridgehead atoms. The van der Waals surface area contributed by atoms with E-state index in [2.05, 4.69) is 0 Å². The van der Waals surface area contributed by atoms with Crippen molar-refractivity contribution < 1.29 is 8.42 Å². The first-order chi connectivity index (χ1) is 6.47. The number of sulfonamides is 1. The maximum Gasteiger partial charge on any atom is 0.214 e. The summed E-state index contributed by atoms with van der Waals surface area (Å²) in [7, 11) is -3.07. The Morgan fingerprint density at radius 3 is 2.36 bits per heavy atom. The fourth-order valence-corrected chi connectivity index (χ4v) is 3.67. The maximum atomic E-state index is 11.9. The molecule has 1 aliphatic rings. The van der Waals surface area contributed by atoms with Gasteiger partial charge in [-0.15, -0.1) is 0 Å². The van der Waals surface area contributed by atoms with Gasteiger partial charge in [0.05, 0.1) is 5.75 Å². The Hall–Kier alpha value is -0.130. The van der Waals surface area contributed by atoms with Crippen LogP contribution in [0.4, 0.5) is 0 Å². The zero-order chi connectivity index (χ0) is 10.8. The number of nitrogens with zero attached hydrogens (tertiary/aromatic N) is 1. The summed E-state index contributed by atoms with van der Waals surface area (Å²) in [6.45, 7) is 4.61. The quantitative estimate of drug-likeness (QED) is 0.704. The van der Waals surface area contributed by atoms with Crippen LogP contribution in [0.25, 0.3) is 0 Å². The minimum absolute atomic E-state index is 0.0160. The summed E-state index contributed by atoms with van der Waals surface area (Å²) < 4.78 is 25.3. The first kappa shape index (κ1) is 11.9. The number of hydrogen-bond acceptors (Lipinski definition) is 3. The molecule has 0 atom stereocenters. The predicted molar refractivity (Wildman–Crippen MR) is 57.4 cm³/mol. The van der Waals surface area contributed by atoms with E-state index in [-0.39, 0.29) is 6.04 Å². The molecule has 1 aliphatic carbocycles. The second kappa shape index (κ2) is 4.59. The Balaban J connectivity index is 2.63. The van der Waals surface area contributed by atoms with E-state index in [0.717, 1.165) is 12.8 Å². The molecular weight excluding hydrogens is 200 g/mol. The van der Waals surface area contributed by atoms with Gasteiger partial charge in [0.25, 0.3) is 0 Å². The number of nitrogens with two attached hydrogens (primary N) is 1. The lowest BCUT2D eigenvalue weighted by Crippen LogP contribution is -2.41.